The summed E-state index contributed by atoms with van der Waals surface area (Å²) >= 11 is 7.40. The van der Waals surface area contributed by atoms with E-state index in [0.717, 1.165) is 11.4 Å². The van der Waals surface area contributed by atoms with Crippen LogP contribution in [0.15, 0.2) is 41.3 Å². The maximum absolute atomic E-state index is 13.4. The van der Waals surface area contributed by atoms with Crippen molar-refractivity contribution < 1.29 is 9.67 Å². The Morgan fingerprint density at radius 3 is 2.73 bits per heavy atom. The fourth-order valence-corrected chi connectivity index (χ4v) is 4.55. The van der Waals surface area contributed by atoms with Crippen LogP contribution in [0, 0.1) is 0 Å². The number of nitrogens with zero attached hydrogens (tertiary/aromatic N) is 4. The number of thiazole rings is 1. The molecule has 0 saturated carbocycles. The number of rotatable bonds is 3. The summed E-state index contributed by atoms with van der Waals surface area (Å²) in [5, 5.41) is 10.8. The highest BCUT2D eigenvalue weighted by atomic mass is 35.5. The molecule has 0 aliphatic carbocycles. The topological polar surface area (TPSA) is 62.2 Å². The molecular formula is C18H18ClN4O2S+. The van der Waals surface area contributed by atoms with Crippen LogP contribution in [-0.4, -0.2) is 27.7 Å². The number of likely N-dealkylation sites (N-methyl/N-ethyl adjacent to an activating group) is 1. The normalized spacial score (nSPS) is 16.1. The summed E-state index contributed by atoms with van der Waals surface area (Å²) in [4.78, 5) is 20.5. The van der Waals surface area contributed by atoms with E-state index in [1.165, 1.54) is 11.3 Å². The highest BCUT2D eigenvalue weighted by molar-refractivity contribution is 7.15. The van der Waals surface area contributed by atoms with Crippen molar-refractivity contribution in [2.75, 3.05) is 18.0 Å². The first-order chi connectivity index (χ1) is 12.5. The van der Waals surface area contributed by atoms with Gasteiger partial charge in [-0.15, -0.1) is 11.3 Å². The molecule has 6 nitrogen and oxygen atoms in total. The third kappa shape index (κ3) is 2.50. The second kappa shape index (κ2) is 6.41. The second-order valence-corrected chi connectivity index (χ2v) is 7.81. The van der Waals surface area contributed by atoms with Crippen molar-refractivity contribution in [3.8, 4) is 17.0 Å². The average Bonchev–Trinajstić information content (AvgIpc) is 3.24. The standard InChI is InChI=1S/C18H17ClN4O2S/c1-3-22-10-12(13-9-20-17(19)26-13)23-16(25)14(11-7-5-4-6-8-11)15(24)21(2)18(22)23/h4-9,12H,3,10H2,1-2H3/p+1. The minimum absolute atomic E-state index is 0.0334. The first-order valence-electron chi connectivity index (χ1n) is 8.32. The van der Waals surface area contributed by atoms with Gasteiger partial charge in [0.15, 0.2) is 10.5 Å². The highest BCUT2D eigenvalue weighted by Gasteiger charge is 2.42. The van der Waals surface area contributed by atoms with Gasteiger partial charge in [0, 0.05) is 6.20 Å². The summed E-state index contributed by atoms with van der Waals surface area (Å²) in [6, 6.07) is 9.06. The Kier molecular flexibility index (Phi) is 4.20. The van der Waals surface area contributed by atoms with Crippen LogP contribution >= 0.6 is 22.9 Å². The lowest BCUT2D eigenvalue weighted by molar-refractivity contribution is -0.668. The first-order valence-corrected chi connectivity index (χ1v) is 9.51. The van der Waals surface area contributed by atoms with E-state index in [4.69, 9.17) is 11.6 Å². The number of hydrogen-bond donors (Lipinski definition) is 1. The first kappa shape index (κ1) is 17.1. The van der Waals surface area contributed by atoms with Gasteiger partial charge in [-0.05, 0) is 12.5 Å². The Morgan fingerprint density at radius 2 is 2.12 bits per heavy atom. The predicted molar refractivity (Wildman–Crippen MR) is 102 cm³/mol. The monoisotopic (exact) mass is 389 g/mol. The summed E-state index contributed by atoms with van der Waals surface area (Å²) in [6.07, 6.45) is 1.72. The third-order valence-corrected chi connectivity index (χ3v) is 5.96. The van der Waals surface area contributed by atoms with Crippen LogP contribution in [0.2, 0.25) is 4.47 Å². The molecule has 1 aliphatic rings. The van der Waals surface area contributed by atoms with E-state index in [0.29, 0.717) is 28.1 Å². The number of anilines is 1. The molecule has 8 heteroatoms. The molecule has 134 valence electrons. The fourth-order valence-electron chi connectivity index (χ4n) is 3.51. The van der Waals surface area contributed by atoms with Crippen molar-refractivity contribution >= 4 is 28.9 Å². The van der Waals surface area contributed by atoms with Crippen LogP contribution in [0.25, 0.3) is 11.1 Å². The zero-order valence-corrected chi connectivity index (χ0v) is 16.0. The smallest absolute Gasteiger partial charge is 0.366 e. The number of hydrogen-bond acceptors (Lipinski definition) is 5. The Morgan fingerprint density at radius 1 is 1.38 bits per heavy atom. The molecule has 3 heterocycles. The maximum Gasteiger partial charge on any atom is 0.366 e. The molecule has 1 N–H and O–H groups in total. The SMILES string of the molecule is CCN1CC(c2cnc(Cl)s2)n2c1[n+](C)c(O)c(-c1ccccc1)c2=O. The van der Waals surface area contributed by atoms with Crippen molar-refractivity contribution in [3.63, 3.8) is 0 Å². The zero-order valence-electron chi connectivity index (χ0n) is 14.4. The molecule has 1 aliphatic heterocycles. The van der Waals surface area contributed by atoms with E-state index in [2.05, 4.69) is 9.88 Å². The Labute approximate surface area is 159 Å². The van der Waals surface area contributed by atoms with Crippen LogP contribution in [0.4, 0.5) is 5.95 Å². The summed E-state index contributed by atoms with van der Waals surface area (Å²) in [5.41, 5.74) is 0.777. The zero-order chi connectivity index (χ0) is 18.4. The molecule has 0 fully saturated rings. The van der Waals surface area contributed by atoms with Gasteiger partial charge < -0.3 is 5.11 Å². The van der Waals surface area contributed by atoms with Gasteiger partial charge in [0.05, 0.1) is 18.5 Å². The van der Waals surface area contributed by atoms with Gasteiger partial charge in [0.25, 0.3) is 5.88 Å². The molecule has 0 saturated heterocycles. The number of benzene rings is 1. The summed E-state index contributed by atoms with van der Waals surface area (Å²) in [6.45, 7) is 3.38. The second-order valence-electron chi connectivity index (χ2n) is 6.17. The Bertz CT molecular complexity index is 1030. The summed E-state index contributed by atoms with van der Waals surface area (Å²) < 4.78 is 3.88. The van der Waals surface area contributed by atoms with Crippen LogP contribution in [0.3, 0.4) is 0 Å². The Balaban J connectivity index is 2.01. The molecule has 3 aromatic rings. The van der Waals surface area contributed by atoms with Crippen LogP contribution < -0.4 is 15.0 Å². The fraction of sp³-hybridized carbons (Fsp3) is 0.278. The molecule has 1 aromatic carbocycles. The molecule has 0 bridgehead atoms. The Hall–Kier alpha value is -2.38. The number of aromatic hydroxyl groups is 1. The van der Waals surface area contributed by atoms with E-state index in [1.807, 2.05) is 37.3 Å². The van der Waals surface area contributed by atoms with Crippen molar-refractivity contribution in [2.24, 2.45) is 7.05 Å². The number of aromatic nitrogens is 3. The van der Waals surface area contributed by atoms with Gasteiger partial charge >= 0.3 is 11.5 Å². The van der Waals surface area contributed by atoms with Gasteiger partial charge in [0.2, 0.25) is 0 Å². The largest absolute Gasteiger partial charge is 0.483 e. The van der Waals surface area contributed by atoms with Gasteiger partial charge in [-0.1, -0.05) is 41.9 Å². The molecule has 2 aromatic heterocycles. The molecule has 26 heavy (non-hydrogen) atoms. The lowest BCUT2D eigenvalue weighted by Crippen LogP contribution is -2.42. The van der Waals surface area contributed by atoms with Gasteiger partial charge in [-0.3, -0.25) is 4.90 Å². The maximum atomic E-state index is 13.4. The molecule has 1 atom stereocenters. The van der Waals surface area contributed by atoms with Crippen molar-refractivity contribution in [1.82, 2.24) is 9.55 Å². The van der Waals surface area contributed by atoms with Crippen LogP contribution in [-0.2, 0) is 7.05 Å². The lowest BCUT2D eigenvalue weighted by Gasteiger charge is -2.13. The molecule has 1 unspecified atom stereocenters. The third-order valence-electron chi connectivity index (χ3n) is 4.75. The average molecular weight is 390 g/mol. The molecule has 4 rings (SSSR count). The van der Waals surface area contributed by atoms with E-state index in [9.17, 15) is 9.90 Å². The van der Waals surface area contributed by atoms with Crippen LogP contribution in [0.1, 0.15) is 17.8 Å². The quantitative estimate of drug-likeness (QED) is 0.699. The minimum atomic E-state index is -0.215. The van der Waals surface area contributed by atoms with Crippen LogP contribution in [0.5, 0.6) is 5.88 Å². The van der Waals surface area contributed by atoms with E-state index >= 15 is 0 Å². The minimum Gasteiger partial charge on any atom is -0.483 e. The molecular weight excluding hydrogens is 372 g/mol. The van der Waals surface area contributed by atoms with E-state index in [1.54, 1.807) is 22.4 Å². The lowest BCUT2D eigenvalue weighted by atomic mass is 10.1. The number of fused-ring (bicyclic) bond motifs is 1. The van der Waals surface area contributed by atoms with Crippen molar-refractivity contribution in [1.29, 1.82) is 0 Å². The van der Waals surface area contributed by atoms with Crippen molar-refractivity contribution in [3.05, 3.63) is 56.2 Å². The number of halogens is 1. The highest BCUT2D eigenvalue weighted by Crippen LogP contribution is 2.36. The van der Waals surface area contributed by atoms with E-state index < -0.39 is 0 Å². The van der Waals surface area contributed by atoms with Gasteiger partial charge in [-0.25, -0.2) is 14.3 Å². The molecule has 0 radical (unpaired) electrons. The molecule has 0 amide bonds. The van der Waals surface area contributed by atoms with Gasteiger partial charge in [-0.2, -0.15) is 4.57 Å². The summed E-state index contributed by atoms with van der Waals surface area (Å²) in [7, 11) is 1.78. The molecule has 0 spiro atoms. The summed E-state index contributed by atoms with van der Waals surface area (Å²) in [5.74, 6) is 0.651. The van der Waals surface area contributed by atoms with Gasteiger partial charge in [0.1, 0.15) is 12.1 Å². The predicted octanol–water partition coefficient (Wildman–Crippen LogP) is 2.58. The van der Waals surface area contributed by atoms with Crippen molar-refractivity contribution in [2.45, 2.75) is 13.0 Å². The van der Waals surface area contributed by atoms with E-state index in [-0.39, 0.29) is 17.5 Å².